The highest BCUT2D eigenvalue weighted by Gasteiger charge is 1.99. The van der Waals surface area contributed by atoms with Crippen molar-refractivity contribution in [1.82, 2.24) is 0 Å². The minimum absolute atomic E-state index is 0.879. The van der Waals surface area contributed by atoms with Crippen LogP contribution in [0.3, 0.4) is 0 Å². The van der Waals surface area contributed by atoms with Crippen molar-refractivity contribution < 1.29 is 4.42 Å². The molecule has 1 heteroatoms. The van der Waals surface area contributed by atoms with E-state index in [0.29, 0.717) is 0 Å². The van der Waals surface area contributed by atoms with Crippen molar-refractivity contribution in [3.05, 3.63) is 35.8 Å². The molecule has 0 aromatic carbocycles. The lowest BCUT2D eigenvalue weighted by molar-refractivity contribution is 0.517. The summed E-state index contributed by atoms with van der Waals surface area (Å²) in [5, 5.41) is 0. The normalized spacial score (nSPS) is 10.0. The van der Waals surface area contributed by atoms with Crippen LogP contribution in [0, 0.1) is 6.92 Å². The summed E-state index contributed by atoms with van der Waals surface area (Å²) in [6.07, 6.45) is 3.68. The maximum Gasteiger partial charge on any atom is 0.108 e. The molecular formula is C10H14O. The Balaban J connectivity index is 2.57. The molecule has 0 spiro atoms. The highest BCUT2D eigenvalue weighted by molar-refractivity contribution is 5.15. The van der Waals surface area contributed by atoms with Crippen LogP contribution in [0.4, 0.5) is 0 Å². The Morgan fingerprint density at radius 1 is 1.64 bits per heavy atom. The van der Waals surface area contributed by atoms with Crippen LogP contribution in [-0.4, -0.2) is 0 Å². The van der Waals surface area contributed by atoms with Crippen LogP contribution in [0.5, 0.6) is 0 Å². The molecule has 0 saturated heterocycles. The summed E-state index contributed by atoms with van der Waals surface area (Å²) < 4.78 is 5.28. The molecule has 0 radical (unpaired) electrons. The molecule has 0 bridgehead atoms. The summed E-state index contributed by atoms with van der Waals surface area (Å²) in [6, 6.07) is 2.06. The molecule has 0 aliphatic heterocycles. The van der Waals surface area contributed by atoms with Crippen LogP contribution < -0.4 is 0 Å². The standard InChI is InChI=1S/C10H14O/c1-4-8(2)5-10-6-9(3)7-11-10/h6-7H,2,4-5H2,1,3H3. The van der Waals surface area contributed by atoms with Crippen molar-refractivity contribution in [3.63, 3.8) is 0 Å². The molecule has 0 amide bonds. The maximum atomic E-state index is 5.28. The zero-order chi connectivity index (χ0) is 8.27. The van der Waals surface area contributed by atoms with Crippen LogP contribution >= 0.6 is 0 Å². The Bertz CT molecular complexity index is 245. The fraction of sp³-hybridized carbons (Fsp3) is 0.400. The van der Waals surface area contributed by atoms with Gasteiger partial charge in [-0.05, 0) is 25.0 Å². The Kier molecular flexibility index (Phi) is 2.53. The van der Waals surface area contributed by atoms with E-state index in [1.165, 1.54) is 11.1 Å². The second-order valence-electron chi connectivity index (χ2n) is 2.87. The summed E-state index contributed by atoms with van der Waals surface area (Å²) in [5.74, 6) is 1.02. The van der Waals surface area contributed by atoms with E-state index in [0.717, 1.165) is 18.6 Å². The van der Waals surface area contributed by atoms with Gasteiger partial charge in [-0.1, -0.05) is 19.1 Å². The van der Waals surface area contributed by atoms with Gasteiger partial charge in [-0.3, -0.25) is 0 Å². The Morgan fingerprint density at radius 2 is 2.36 bits per heavy atom. The minimum atomic E-state index is 0.879. The van der Waals surface area contributed by atoms with Gasteiger partial charge >= 0.3 is 0 Å². The van der Waals surface area contributed by atoms with Crippen molar-refractivity contribution >= 4 is 0 Å². The van der Waals surface area contributed by atoms with E-state index in [2.05, 4.69) is 19.6 Å². The first-order chi connectivity index (χ1) is 5.22. The third kappa shape index (κ3) is 2.26. The third-order valence-electron chi connectivity index (χ3n) is 1.71. The third-order valence-corrected chi connectivity index (χ3v) is 1.71. The zero-order valence-electron chi connectivity index (χ0n) is 7.18. The molecule has 11 heavy (non-hydrogen) atoms. The molecule has 0 aliphatic carbocycles. The van der Waals surface area contributed by atoms with Crippen molar-refractivity contribution in [1.29, 1.82) is 0 Å². The molecule has 1 heterocycles. The van der Waals surface area contributed by atoms with E-state index >= 15 is 0 Å². The minimum Gasteiger partial charge on any atom is -0.469 e. The Hall–Kier alpha value is -0.980. The summed E-state index contributed by atoms with van der Waals surface area (Å²) >= 11 is 0. The average molecular weight is 150 g/mol. The molecule has 1 aromatic heterocycles. The molecule has 0 atom stereocenters. The summed E-state index contributed by atoms with van der Waals surface area (Å²) in [7, 11) is 0. The summed E-state index contributed by atoms with van der Waals surface area (Å²) in [4.78, 5) is 0. The summed E-state index contributed by atoms with van der Waals surface area (Å²) in [6.45, 7) is 8.06. The smallest absolute Gasteiger partial charge is 0.108 e. The van der Waals surface area contributed by atoms with Crippen LogP contribution in [0.15, 0.2) is 28.9 Å². The lowest BCUT2D eigenvalue weighted by Crippen LogP contribution is -1.83. The highest BCUT2D eigenvalue weighted by atomic mass is 16.3. The SMILES string of the molecule is C=C(CC)Cc1cc(C)co1. The first-order valence-electron chi connectivity index (χ1n) is 3.93. The molecule has 0 aliphatic rings. The van der Waals surface area contributed by atoms with Crippen molar-refractivity contribution in [2.75, 3.05) is 0 Å². The van der Waals surface area contributed by atoms with E-state index in [4.69, 9.17) is 4.42 Å². The molecule has 1 aromatic rings. The monoisotopic (exact) mass is 150 g/mol. The van der Waals surface area contributed by atoms with Crippen molar-refractivity contribution in [2.45, 2.75) is 26.7 Å². The average Bonchev–Trinajstić information content (AvgIpc) is 2.35. The fourth-order valence-corrected chi connectivity index (χ4v) is 0.955. The van der Waals surface area contributed by atoms with Gasteiger partial charge in [-0.25, -0.2) is 0 Å². The number of rotatable bonds is 3. The molecule has 60 valence electrons. The van der Waals surface area contributed by atoms with Gasteiger partial charge in [0.1, 0.15) is 5.76 Å². The fourth-order valence-electron chi connectivity index (χ4n) is 0.955. The first-order valence-corrected chi connectivity index (χ1v) is 3.93. The van der Waals surface area contributed by atoms with Gasteiger partial charge in [0.2, 0.25) is 0 Å². The lowest BCUT2D eigenvalue weighted by atomic mass is 10.1. The number of allylic oxidation sites excluding steroid dienone is 1. The highest BCUT2D eigenvalue weighted by Crippen LogP contribution is 2.12. The summed E-state index contributed by atoms with van der Waals surface area (Å²) in [5.41, 5.74) is 2.41. The van der Waals surface area contributed by atoms with Crippen LogP contribution in [0.2, 0.25) is 0 Å². The van der Waals surface area contributed by atoms with Gasteiger partial charge < -0.3 is 4.42 Å². The van der Waals surface area contributed by atoms with Gasteiger partial charge in [0.15, 0.2) is 0 Å². The molecule has 1 rings (SSSR count). The van der Waals surface area contributed by atoms with Crippen LogP contribution in [-0.2, 0) is 6.42 Å². The second-order valence-corrected chi connectivity index (χ2v) is 2.87. The van der Waals surface area contributed by atoms with Gasteiger partial charge in [-0.15, -0.1) is 0 Å². The molecule has 0 saturated carbocycles. The van der Waals surface area contributed by atoms with Crippen molar-refractivity contribution in [3.8, 4) is 0 Å². The maximum absolute atomic E-state index is 5.28. The van der Waals surface area contributed by atoms with Gasteiger partial charge in [0.25, 0.3) is 0 Å². The van der Waals surface area contributed by atoms with Crippen LogP contribution in [0.1, 0.15) is 24.7 Å². The number of hydrogen-bond acceptors (Lipinski definition) is 1. The van der Waals surface area contributed by atoms with E-state index < -0.39 is 0 Å². The topological polar surface area (TPSA) is 13.1 Å². The lowest BCUT2D eigenvalue weighted by Gasteiger charge is -1.96. The van der Waals surface area contributed by atoms with E-state index in [1.54, 1.807) is 6.26 Å². The molecule has 1 nitrogen and oxygen atoms in total. The van der Waals surface area contributed by atoms with E-state index in [1.807, 2.05) is 6.92 Å². The Morgan fingerprint density at radius 3 is 2.82 bits per heavy atom. The molecular weight excluding hydrogens is 136 g/mol. The van der Waals surface area contributed by atoms with Gasteiger partial charge in [0, 0.05) is 6.42 Å². The quantitative estimate of drug-likeness (QED) is 0.603. The number of hydrogen-bond donors (Lipinski definition) is 0. The van der Waals surface area contributed by atoms with Crippen LogP contribution in [0.25, 0.3) is 0 Å². The van der Waals surface area contributed by atoms with Gasteiger partial charge in [0.05, 0.1) is 6.26 Å². The zero-order valence-corrected chi connectivity index (χ0v) is 7.18. The molecule has 0 N–H and O–H groups in total. The molecule has 0 unspecified atom stereocenters. The van der Waals surface area contributed by atoms with E-state index in [-0.39, 0.29) is 0 Å². The van der Waals surface area contributed by atoms with E-state index in [9.17, 15) is 0 Å². The number of aryl methyl sites for hydroxylation is 1. The molecule has 0 fully saturated rings. The predicted octanol–water partition coefficient (Wildman–Crippen LogP) is 3.10. The van der Waals surface area contributed by atoms with Gasteiger partial charge in [-0.2, -0.15) is 0 Å². The first kappa shape index (κ1) is 8.12. The Labute approximate surface area is 67.7 Å². The second kappa shape index (κ2) is 3.42. The van der Waals surface area contributed by atoms with Crippen molar-refractivity contribution in [2.24, 2.45) is 0 Å². The predicted molar refractivity (Wildman–Crippen MR) is 46.6 cm³/mol. The largest absolute Gasteiger partial charge is 0.469 e. The number of furan rings is 1.